The van der Waals surface area contributed by atoms with Crippen LogP contribution in [0.2, 0.25) is 0 Å². The van der Waals surface area contributed by atoms with E-state index in [9.17, 15) is 9.59 Å². The van der Waals surface area contributed by atoms with Gasteiger partial charge in [-0.15, -0.1) is 0 Å². The van der Waals surface area contributed by atoms with Gasteiger partial charge in [0.15, 0.2) is 0 Å². The standard InChI is InChI=1S/C25H24N4O2/c1-18(24(30)27-21-9-4-6-19(16-21)17-26)28-12-14-29(15-13-28)25(31)23-11-5-8-20-7-2-3-10-22(20)23/h2-11,16,18H,12-15H2,1H3,(H,27,30). The molecule has 3 aromatic carbocycles. The molecule has 0 bridgehead atoms. The number of rotatable bonds is 4. The lowest BCUT2D eigenvalue weighted by molar-refractivity contribution is -0.121. The van der Waals surface area contributed by atoms with E-state index in [1.54, 1.807) is 24.3 Å². The molecule has 1 aliphatic heterocycles. The van der Waals surface area contributed by atoms with Crippen LogP contribution in [-0.4, -0.2) is 53.8 Å². The van der Waals surface area contributed by atoms with Crippen molar-refractivity contribution in [2.45, 2.75) is 13.0 Å². The summed E-state index contributed by atoms with van der Waals surface area (Å²) in [7, 11) is 0. The van der Waals surface area contributed by atoms with E-state index >= 15 is 0 Å². The molecule has 0 saturated carbocycles. The number of anilines is 1. The molecule has 4 rings (SSSR count). The lowest BCUT2D eigenvalue weighted by atomic mass is 10.0. The molecule has 0 radical (unpaired) electrons. The van der Waals surface area contributed by atoms with Crippen molar-refractivity contribution in [3.8, 4) is 6.07 Å². The summed E-state index contributed by atoms with van der Waals surface area (Å²) >= 11 is 0. The molecule has 6 nitrogen and oxygen atoms in total. The van der Waals surface area contributed by atoms with Gasteiger partial charge in [0.25, 0.3) is 5.91 Å². The van der Waals surface area contributed by atoms with Crippen LogP contribution in [0, 0.1) is 11.3 Å². The highest BCUT2D eigenvalue weighted by molar-refractivity contribution is 6.07. The first kappa shape index (κ1) is 20.6. The van der Waals surface area contributed by atoms with Crippen molar-refractivity contribution in [2.75, 3.05) is 31.5 Å². The van der Waals surface area contributed by atoms with Crippen LogP contribution in [0.1, 0.15) is 22.8 Å². The van der Waals surface area contributed by atoms with Gasteiger partial charge in [-0.05, 0) is 42.0 Å². The molecule has 6 heteroatoms. The summed E-state index contributed by atoms with van der Waals surface area (Å²) in [6.07, 6.45) is 0. The van der Waals surface area contributed by atoms with Crippen LogP contribution in [0.5, 0.6) is 0 Å². The van der Waals surface area contributed by atoms with Crippen LogP contribution < -0.4 is 5.32 Å². The van der Waals surface area contributed by atoms with Gasteiger partial charge in [-0.2, -0.15) is 5.26 Å². The Morgan fingerprint density at radius 1 is 0.968 bits per heavy atom. The van der Waals surface area contributed by atoms with E-state index in [0.717, 1.165) is 16.3 Å². The quantitative estimate of drug-likeness (QED) is 0.712. The lowest BCUT2D eigenvalue weighted by Crippen LogP contribution is -2.54. The first-order chi connectivity index (χ1) is 15.1. The van der Waals surface area contributed by atoms with Crippen molar-refractivity contribution in [3.63, 3.8) is 0 Å². The van der Waals surface area contributed by atoms with Crippen molar-refractivity contribution >= 4 is 28.3 Å². The molecule has 156 valence electrons. The Kier molecular flexibility index (Phi) is 5.96. The third kappa shape index (κ3) is 4.42. The van der Waals surface area contributed by atoms with Crippen molar-refractivity contribution in [2.24, 2.45) is 0 Å². The minimum Gasteiger partial charge on any atom is -0.336 e. The van der Waals surface area contributed by atoms with E-state index in [0.29, 0.717) is 37.4 Å². The molecule has 1 aliphatic rings. The molecule has 1 heterocycles. The van der Waals surface area contributed by atoms with Crippen molar-refractivity contribution in [1.29, 1.82) is 5.26 Å². The Hall–Kier alpha value is -3.69. The van der Waals surface area contributed by atoms with Gasteiger partial charge in [0, 0.05) is 37.4 Å². The largest absolute Gasteiger partial charge is 0.336 e. The molecule has 1 fully saturated rings. The molecule has 3 aromatic rings. The third-order valence-corrected chi connectivity index (χ3v) is 5.81. The maximum absolute atomic E-state index is 13.1. The minimum atomic E-state index is -0.333. The molecular formula is C25H24N4O2. The molecule has 31 heavy (non-hydrogen) atoms. The Morgan fingerprint density at radius 3 is 2.45 bits per heavy atom. The van der Waals surface area contributed by atoms with E-state index in [2.05, 4.69) is 16.3 Å². The van der Waals surface area contributed by atoms with Crippen LogP contribution in [-0.2, 0) is 4.79 Å². The van der Waals surface area contributed by atoms with Gasteiger partial charge in [-0.1, -0.05) is 42.5 Å². The zero-order valence-electron chi connectivity index (χ0n) is 17.4. The molecule has 0 aliphatic carbocycles. The SMILES string of the molecule is CC(C(=O)Nc1cccc(C#N)c1)N1CCN(C(=O)c2cccc3ccccc23)CC1. The topological polar surface area (TPSA) is 76.4 Å². The fourth-order valence-electron chi connectivity index (χ4n) is 3.97. The smallest absolute Gasteiger partial charge is 0.254 e. The minimum absolute atomic E-state index is 0.0295. The van der Waals surface area contributed by atoms with Crippen LogP contribution >= 0.6 is 0 Å². The van der Waals surface area contributed by atoms with Crippen LogP contribution in [0.15, 0.2) is 66.7 Å². The van der Waals surface area contributed by atoms with Gasteiger partial charge in [0.1, 0.15) is 0 Å². The maximum atomic E-state index is 13.1. The summed E-state index contributed by atoms with van der Waals surface area (Å²) in [5.41, 5.74) is 1.83. The average Bonchev–Trinajstić information content (AvgIpc) is 2.83. The number of fused-ring (bicyclic) bond motifs is 1. The number of nitriles is 1. The van der Waals surface area contributed by atoms with E-state index in [1.165, 1.54) is 0 Å². The Bertz CT molecular complexity index is 1150. The molecule has 1 saturated heterocycles. The highest BCUT2D eigenvalue weighted by Crippen LogP contribution is 2.21. The fourth-order valence-corrected chi connectivity index (χ4v) is 3.97. The Labute approximate surface area is 181 Å². The number of hydrogen-bond acceptors (Lipinski definition) is 4. The number of carbonyl (C=O) groups is 2. The Balaban J connectivity index is 1.38. The number of piperazine rings is 1. The summed E-state index contributed by atoms with van der Waals surface area (Å²) < 4.78 is 0. The van der Waals surface area contributed by atoms with Crippen LogP contribution in [0.3, 0.4) is 0 Å². The molecule has 0 spiro atoms. The zero-order valence-corrected chi connectivity index (χ0v) is 17.4. The van der Waals surface area contributed by atoms with Crippen LogP contribution in [0.4, 0.5) is 5.69 Å². The predicted octanol–water partition coefficient (Wildman–Crippen LogP) is 3.50. The van der Waals surface area contributed by atoms with E-state index in [4.69, 9.17) is 5.26 Å². The first-order valence-corrected chi connectivity index (χ1v) is 10.4. The second kappa shape index (κ2) is 8.99. The van der Waals surface area contributed by atoms with Crippen molar-refractivity contribution in [1.82, 2.24) is 9.80 Å². The van der Waals surface area contributed by atoms with Gasteiger partial charge in [0.05, 0.1) is 17.7 Å². The van der Waals surface area contributed by atoms with E-state index in [-0.39, 0.29) is 17.9 Å². The molecule has 1 unspecified atom stereocenters. The van der Waals surface area contributed by atoms with E-state index < -0.39 is 0 Å². The lowest BCUT2D eigenvalue weighted by Gasteiger charge is -2.37. The molecule has 2 amide bonds. The number of carbonyl (C=O) groups excluding carboxylic acids is 2. The van der Waals surface area contributed by atoms with E-state index in [1.807, 2.05) is 54.3 Å². The predicted molar refractivity (Wildman–Crippen MR) is 121 cm³/mol. The zero-order chi connectivity index (χ0) is 21.8. The summed E-state index contributed by atoms with van der Waals surface area (Å²) in [5, 5.41) is 13.9. The van der Waals surface area contributed by atoms with Gasteiger partial charge >= 0.3 is 0 Å². The molecule has 1 atom stereocenters. The second-order valence-corrected chi connectivity index (χ2v) is 7.71. The van der Waals surface area contributed by atoms with Crippen LogP contribution in [0.25, 0.3) is 10.8 Å². The number of amides is 2. The molecule has 0 aromatic heterocycles. The summed E-state index contributed by atoms with van der Waals surface area (Å²) in [5.74, 6) is -0.0919. The number of nitrogens with one attached hydrogen (secondary N) is 1. The van der Waals surface area contributed by atoms with Crippen molar-refractivity contribution in [3.05, 3.63) is 77.9 Å². The maximum Gasteiger partial charge on any atom is 0.254 e. The van der Waals surface area contributed by atoms with Gasteiger partial charge < -0.3 is 10.2 Å². The Morgan fingerprint density at radius 2 is 1.68 bits per heavy atom. The van der Waals surface area contributed by atoms with Gasteiger partial charge in [0.2, 0.25) is 5.91 Å². The summed E-state index contributed by atoms with van der Waals surface area (Å²) in [6.45, 7) is 4.27. The number of hydrogen-bond donors (Lipinski definition) is 1. The molecule has 1 N–H and O–H groups in total. The first-order valence-electron chi connectivity index (χ1n) is 10.4. The fraction of sp³-hybridized carbons (Fsp3) is 0.240. The second-order valence-electron chi connectivity index (χ2n) is 7.71. The highest BCUT2D eigenvalue weighted by Gasteiger charge is 2.28. The normalized spacial score (nSPS) is 15.3. The third-order valence-electron chi connectivity index (χ3n) is 5.81. The highest BCUT2D eigenvalue weighted by atomic mass is 16.2. The average molecular weight is 412 g/mol. The van der Waals surface area contributed by atoms with Gasteiger partial charge in [-0.25, -0.2) is 0 Å². The number of nitrogens with zero attached hydrogens (tertiary/aromatic N) is 3. The summed E-state index contributed by atoms with van der Waals surface area (Å²) in [4.78, 5) is 29.7. The van der Waals surface area contributed by atoms with Gasteiger partial charge in [-0.3, -0.25) is 14.5 Å². The number of benzene rings is 3. The monoisotopic (exact) mass is 412 g/mol. The summed E-state index contributed by atoms with van der Waals surface area (Å²) in [6, 6.07) is 22.3. The van der Waals surface area contributed by atoms with Crippen molar-refractivity contribution < 1.29 is 9.59 Å². The molecular weight excluding hydrogens is 388 g/mol.